The largest absolute Gasteiger partial charge is 0.328 e. The Hall–Kier alpha value is -2.91. The van der Waals surface area contributed by atoms with E-state index in [9.17, 15) is 4.79 Å². The van der Waals surface area contributed by atoms with Crippen molar-refractivity contribution in [3.63, 3.8) is 0 Å². The number of halogens is 1. The summed E-state index contributed by atoms with van der Waals surface area (Å²) in [5.41, 5.74) is 5.41. The average Bonchev–Trinajstić information content (AvgIpc) is 2.68. The van der Waals surface area contributed by atoms with Crippen molar-refractivity contribution in [2.24, 2.45) is 0 Å². The van der Waals surface area contributed by atoms with E-state index in [1.807, 2.05) is 66.7 Å². The number of fused-ring (bicyclic) bond motifs is 1. The van der Waals surface area contributed by atoms with Gasteiger partial charge >= 0.3 is 0 Å². The van der Waals surface area contributed by atoms with Crippen LogP contribution in [0.3, 0.4) is 0 Å². The van der Waals surface area contributed by atoms with Gasteiger partial charge in [0.05, 0.1) is 16.6 Å². The Morgan fingerprint density at radius 3 is 2.40 bits per heavy atom. The number of hydrogen-bond acceptors (Lipinski definition) is 2. The van der Waals surface area contributed by atoms with Crippen LogP contribution in [-0.4, -0.2) is 9.97 Å². The van der Waals surface area contributed by atoms with Crippen molar-refractivity contribution >= 4 is 22.5 Å². The molecule has 4 heteroatoms. The van der Waals surface area contributed by atoms with Gasteiger partial charge in [-0.2, -0.15) is 0 Å². The monoisotopic (exact) mass is 346 g/mol. The van der Waals surface area contributed by atoms with Gasteiger partial charge in [-0.25, -0.2) is 4.98 Å². The third-order valence-corrected chi connectivity index (χ3v) is 4.53. The Morgan fingerprint density at radius 1 is 0.920 bits per heavy atom. The van der Waals surface area contributed by atoms with E-state index >= 15 is 0 Å². The van der Waals surface area contributed by atoms with Crippen molar-refractivity contribution in [2.45, 2.75) is 5.88 Å². The number of nitrogens with one attached hydrogen (secondary N) is 1. The highest BCUT2D eigenvalue weighted by molar-refractivity contribution is 6.17. The van der Waals surface area contributed by atoms with Crippen molar-refractivity contribution in [3.05, 3.63) is 88.8 Å². The molecule has 0 saturated heterocycles. The van der Waals surface area contributed by atoms with Crippen LogP contribution in [0.15, 0.2) is 77.7 Å². The fourth-order valence-corrected chi connectivity index (χ4v) is 3.10. The van der Waals surface area contributed by atoms with Gasteiger partial charge in [0.1, 0.15) is 0 Å². The molecule has 0 unspecified atom stereocenters. The lowest BCUT2D eigenvalue weighted by Crippen LogP contribution is -2.06. The van der Waals surface area contributed by atoms with Crippen LogP contribution in [0.4, 0.5) is 0 Å². The molecular weight excluding hydrogens is 332 g/mol. The van der Waals surface area contributed by atoms with E-state index in [0.29, 0.717) is 16.8 Å². The van der Waals surface area contributed by atoms with E-state index in [1.165, 1.54) is 0 Å². The van der Waals surface area contributed by atoms with Crippen LogP contribution in [0.2, 0.25) is 0 Å². The summed E-state index contributed by atoms with van der Waals surface area (Å²) in [4.78, 5) is 19.7. The van der Waals surface area contributed by atoms with Crippen LogP contribution in [0.5, 0.6) is 0 Å². The quantitative estimate of drug-likeness (QED) is 0.531. The molecular formula is C21H15ClN2O. The molecule has 0 bridgehead atoms. The van der Waals surface area contributed by atoms with Gasteiger partial charge in [-0.1, -0.05) is 54.6 Å². The van der Waals surface area contributed by atoms with E-state index in [2.05, 4.69) is 4.98 Å². The topological polar surface area (TPSA) is 45.8 Å². The van der Waals surface area contributed by atoms with Gasteiger partial charge in [-0.05, 0) is 23.3 Å². The molecule has 0 aliphatic heterocycles. The summed E-state index contributed by atoms with van der Waals surface area (Å²) >= 11 is 5.89. The zero-order chi connectivity index (χ0) is 17.2. The Kier molecular flexibility index (Phi) is 4.08. The predicted octanol–water partition coefficient (Wildman–Crippen LogP) is 5.00. The van der Waals surface area contributed by atoms with Crippen LogP contribution in [-0.2, 0) is 5.88 Å². The van der Waals surface area contributed by atoms with Crippen molar-refractivity contribution < 1.29 is 0 Å². The summed E-state index contributed by atoms with van der Waals surface area (Å²) < 4.78 is 0. The van der Waals surface area contributed by atoms with Gasteiger partial charge in [0, 0.05) is 23.2 Å². The third-order valence-electron chi connectivity index (χ3n) is 4.22. The van der Waals surface area contributed by atoms with E-state index in [-0.39, 0.29) is 5.56 Å². The molecule has 0 aliphatic rings. The second-order valence-electron chi connectivity index (χ2n) is 5.82. The van der Waals surface area contributed by atoms with Gasteiger partial charge in [-0.3, -0.25) is 4.79 Å². The number of alkyl halides is 1. The first-order chi connectivity index (χ1) is 12.3. The molecule has 0 saturated carbocycles. The highest BCUT2D eigenvalue weighted by atomic mass is 35.5. The summed E-state index contributed by atoms with van der Waals surface area (Å²) in [7, 11) is 0. The standard InChI is InChI=1S/C21H15ClN2O/c22-13-14-6-8-16(9-7-14)20-17(15-4-2-1-3-5-15)12-18-19(24-20)10-11-23-21(18)25/h1-12H,13H2,(H,23,25). The first-order valence-electron chi connectivity index (χ1n) is 7.99. The number of aromatic nitrogens is 2. The Morgan fingerprint density at radius 2 is 1.68 bits per heavy atom. The number of aromatic amines is 1. The molecule has 0 radical (unpaired) electrons. The minimum Gasteiger partial charge on any atom is -0.328 e. The maximum Gasteiger partial charge on any atom is 0.257 e. The highest BCUT2D eigenvalue weighted by Crippen LogP contribution is 2.32. The minimum absolute atomic E-state index is 0.133. The molecule has 0 spiro atoms. The van der Waals surface area contributed by atoms with Gasteiger partial charge in [0.15, 0.2) is 0 Å². The molecule has 0 amide bonds. The summed E-state index contributed by atoms with van der Waals surface area (Å²) in [6.45, 7) is 0. The second-order valence-corrected chi connectivity index (χ2v) is 6.09. The van der Waals surface area contributed by atoms with Crippen molar-refractivity contribution in [2.75, 3.05) is 0 Å². The van der Waals surface area contributed by atoms with Crippen LogP contribution in [0.1, 0.15) is 5.56 Å². The molecule has 2 aromatic heterocycles. The summed E-state index contributed by atoms with van der Waals surface area (Å²) in [5, 5.41) is 0.586. The van der Waals surface area contributed by atoms with Gasteiger partial charge in [0.25, 0.3) is 5.56 Å². The number of pyridine rings is 2. The van der Waals surface area contributed by atoms with Gasteiger partial charge in [-0.15, -0.1) is 11.6 Å². The van der Waals surface area contributed by atoms with Crippen LogP contribution in [0.25, 0.3) is 33.3 Å². The van der Waals surface area contributed by atoms with Crippen LogP contribution >= 0.6 is 11.6 Å². The Bertz CT molecular complexity index is 1090. The van der Waals surface area contributed by atoms with Crippen molar-refractivity contribution in [3.8, 4) is 22.4 Å². The molecule has 25 heavy (non-hydrogen) atoms. The number of hydrogen-bond donors (Lipinski definition) is 1. The highest BCUT2D eigenvalue weighted by Gasteiger charge is 2.12. The fourth-order valence-electron chi connectivity index (χ4n) is 2.92. The maximum atomic E-state index is 12.2. The lowest BCUT2D eigenvalue weighted by Gasteiger charge is -2.11. The smallest absolute Gasteiger partial charge is 0.257 e. The first-order valence-corrected chi connectivity index (χ1v) is 8.53. The van der Waals surface area contributed by atoms with Crippen molar-refractivity contribution in [1.29, 1.82) is 0 Å². The predicted molar refractivity (Wildman–Crippen MR) is 103 cm³/mol. The minimum atomic E-state index is -0.133. The molecule has 0 atom stereocenters. The fraction of sp³-hybridized carbons (Fsp3) is 0.0476. The molecule has 3 nitrogen and oxygen atoms in total. The number of rotatable bonds is 3. The zero-order valence-electron chi connectivity index (χ0n) is 13.4. The second kappa shape index (κ2) is 6.54. The van der Waals surface area contributed by atoms with E-state index < -0.39 is 0 Å². The van der Waals surface area contributed by atoms with Crippen molar-refractivity contribution in [1.82, 2.24) is 9.97 Å². The summed E-state index contributed by atoms with van der Waals surface area (Å²) in [6, 6.07) is 21.8. The molecule has 1 N–H and O–H groups in total. The van der Waals surface area contributed by atoms with Gasteiger partial charge < -0.3 is 4.98 Å². The SMILES string of the molecule is O=c1[nH]ccc2nc(-c3ccc(CCl)cc3)c(-c3ccccc3)cc12. The molecule has 4 rings (SSSR count). The zero-order valence-corrected chi connectivity index (χ0v) is 14.1. The summed E-state index contributed by atoms with van der Waals surface area (Å²) in [5.74, 6) is 0.479. The number of H-pyrrole nitrogens is 1. The van der Waals surface area contributed by atoms with Gasteiger partial charge in [0.2, 0.25) is 0 Å². The molecule has 0 aliphatic carbocycles. The van der Waals surface area contributed by atoms with E-state index in [4.69, 9.17) is 16.6 Å². The Labute approximate surface area is 149 Å². The first kappa shape index (κ1) is 15.6. The lowest BCUT2D eigenvalue weighted by molar-refractivity contribution is 1.26. The molecule has 0 fully saturated rings. The van der Waals surface area contributed by atoms with Crippen LogP contribution < -0.4 is 5.56 Å². The third kappa shape index (κ3) is 2.94. The molecule has 122 valence electrons. The van der Waals surface area contributed by atoms with Crippen LogP contribution in [0, 0.1) is 0 Å². The average molecular weight is 347 g/mol. The maximum absolute atomic E-state index is 12.2. The molecule has 2 aromatic carbocycles. The van der Waals surface area contributed by atoms with E-state index in [0.717, 1.165) is 27.9 Å². The number of nitrogens with zero attached hydrogens (tertiary/aromatic N) is 1. The molecule has 2 heterocycles. The Balaban J connectivity index is 2.02. The number of benzene rings is 2. The molecule has 4 aromatic rings. The summed E-state index contributed by atoms with van der Waals surface area (Å²) in [6.07, 6.45) is 1.63. The normalized spacial score (nSPS) is 10.9. The van der Waals surface area contributed by atoms with E-state index in [1.54, 1.807) is 6.20 Å². The lowest BCUT2D eigenvalue weighted by atomic mass is 9.97.